The van der Waals surface area contributed by atoms with Crippen molar-refractivity contribution in [2.24, 2.45) is 0 Å². The maximum absolute atomic E-state index is 12.5. The fourth-order valence-electron chi connectivity index (χ4n) is 3.10. The maximum Gasteiger partial charge on any atom is 0.359 e. The van der Waals surface area contributed by atoms with Crippen molar-refractivity contribution in [2.75, 3.05) is 17.7 Å². The number of halogens is 1. The molecule has 2 aromatic heterocycles. The minimum Gasteiger partial charge on any atom is -0.495 e. The summed E-state index contributed by atoms with van der Waals surface area (Å²) >= 11 is 7.36. The SMILES string of the molecule is COc1ccccc1NC(=O)c1ccc(NC(=O)C(C)OC(=O)c2c(Cl)nc3sccn23)cc1. The Morgan fingerprint density at radius 3 is 2.56 bits per heavy atom. The Hall–Kier alpha value is -3.89. The Labute approximate surface area is 203 Å². The van der Waals surface area contributed by atoms with E-state index in [0.717, 1.165) is 0 Å². The predicted octanol–water partition coefficient (Wildman–Crippen LogP) is 4.49. The second-order valence-corrected chi connectivity index (χ2v) is 8.31. The van der Waals surface area contributed by atoms with Crippen molar-refractivity contribution >= 4 is 57.1 Å². The number of methoxy groups -OCH3 is 1. The van der Waals surface area contributed by atoms with Crippen molar-refractivity contribution in [3.63, 3.8) is 0 Å². The van der Waals surface area contributed by atoms with Crippen LogP contribution in [-0.2, 0) is 9.53 Å². The van der Waals surface area contributed by atoms with Gasteiger partial charge in [-0.25, -0.2) is 9.78 Å². The van der Waals surface area contributed by atoms with Crippen LogP contribution in [-0.4, -0.2) is 40.4 Å². The number of benzene rings is 2. The van der Waals surface area contributed by atoms with Crippen LogP contribution in [0.5, 0.6) is 5.75 Å². The molecular weight excluding hydrogens is 480 g/mol. The number of fused-ring (bicyclic) bond motifs is 1. The number of anilines is 2. The Morgan fingerprint density at radius 1 is 1.09 bits per heavy atom. The van der Waals surface area contributed by atoms with Crippen molar-refractivity contribution in [1.29, 1.82) is 0 Å². The average Bonchev–Trinajstić information content (AvgIpc) is 3.39. The second kappa shape index (κ2) is 9.94. The molecule has 4 aromatic rings. The minimum absolute atomic E-state index is 0.00597. The van der Waals surface area contributed by atoms with Crippen LogP contribution in [0.25, 0.3) is 4.96 Å². The summed E-state index contributed by atoms with van der Waals surface area (Å²) < 4.78 is 12.0. The summed E-state index contributed by atoms with van der Waals surface area (Å²) in [6.45, 7) is 1.45. The molecule has 0 radical (unpaired) electrons. The summed E-state index contributed by atoms with van der Waals surface area (Å²) in [6.07, 6.45) is 0.549. The molecule has 2 heterocycles. The molecule has 174 valence electrons. The molecule has 0 aliphatic heterocycles. The summed E-state index contributed by atoms with van der Waals surface area (Å²) in [4.78, 5) is 42.2. The second-order valence-electron chi connectivity index (χ2n) is 7.08. The first-order chi connectivity index (χ1) is 16.4. The summed E-state index contributed by atoms with van der Waals surface area (Å²) in [7, 11) is 1.52. The van der Waals surface area contributed by atoms with Gasteiger partial charge in [-0.2, -0.15) is 0 Å². The highest BCUT2D eigenvalue weighted by Crippen LogP contribution is 2.24. The highest BCUT2D eigenvalue weighted by atomic mass is 35.5. The van der Waals surface area contributed by atoms with E-state index in [1.807, 2.05) is 0 Å². The van der Waals surface area contributed by atoms with Crippen LogP contribution in [0, 0.1) is 0 Å². The first-order valence-corrected chi connectivity index (χ1v) is 11.3. The molecule has 0 aliphatic carbocycles. The van der Waals surface area contributed by atoms with Gasteiger partial charge in [-0.3, -0.25) is 14.0 Å². The lowest BCUT2D eigenvalue weighted by molar-refractivity contribution is -0.123. The highest BCUT2D eigenvalue weighted by molar-refractivity contribution is 7.15. The topological polar surface area (TPSA) is 111 Å². The molecule has 2 aromatic carbocycles. The third kappa shape index (κ3) is 4.87. The van der Waals surface area contributed by atoms with Gasteiger partial charge in [-0.15, -0.1) is 11.3 Å². The number of amides is 2. The van der Waals surface area contributed by atoms with Gasteiger partial charge in [0.1, 0.15) is 5.75 Å². The molecule has 0 saturated carbocycles. The van der Waals surface area contributed by atoms with Gasteiger partial charge >= 0.3 is 5.97 Å². The number of ether oxygens (including phenoxy) is 2. The van der Waals surface area contributed by atoms with Crippen LogP contribution >= 0.6 is 22.9 Å². The Balaban J connectivity index is 1.36. The maximum atomic E-state index is 12.5. The fraction of sp³-hybridized carbons (Fsp3) is 0.130. The van der Waals surface area contributed by atoms with E-state index >= 15 is 0 Å². The fourth-order valence-corrected chi connectivity index (χ4v) is 4.12. The molecular formula is C23H19ClN4O5S. The number of carbonyl (C=O) groups excluding carboxylic acids is 3. The van der Waals surface area contributed by atoms with E-state index < -0.39 is 18.0 Å². The molecule has 2 amide bonds. The quantitative estimate of drug-likeness (QED) is 0.363. The lowest BCUT2D eigenvalue weighted by Crippen LogP contribution is -2.30. The number of hydrogen-bond donors (Lipinski definition) is 2. The Bertz CT molecular complexity index is 1370. The monoisotopic (exact) mass is 498 g/mol. The molecule has 0 spiro atoms. The van der Waals surface area contributed by atoms with Crippen molar-refractivity contribution in [1.82, 2.24) is 9.38 Å². The number of nitrogens with zero attached hydrogens (tertiary/aromatic N) is 2. The van der Waals surface area contributed by atoms with Crippen LogP contribution in [0.15, 0.2) is 60.1 Å². The van der Waals surface area contributed by atoms with Crippen LogP contribution in [0.4, 0.5) is 11.4 Å². The molecule has 0 bridgehead atoms. The van der Waals surface area contributed by atoms with Crippen LogP contribution in [0.3, 0.4) is 0 Å². The number of rotatable bonds is 7. The number of carbonyl (C=O) groups is 3. The zero-order valence-electron chi connectivity index (χ0n) is 18.1. The Kier molecular flexibility index (Phi) is 6.80. The lowest BCUT2D eigenvalue weighted by Gasteiger charge is -2.14. The van der Waals surface area contributed by atoms with Gasteiger partial charge < -0.3 is 20.1 Å². The molecule has 34 heavy (non-hydrogen) atoms. The van der Waals surface area contributed by atoms with Crippen molar-refractivity contribution in [2.45, 2.75) is 13.0 Å². The number of thiazole rings is 1. The van der Waals surface area contributed by atoms with E-state index in [2.05, 4.69) is 15.6 Å². The van der Waals surface area contributed by atoms with Gasteiger partial charge in [0.2, 0.25) is 0 Å². The van der Waals surface area contributed by atoms with E-state index in [-0.39, 0.29) is 16.8 Å². The van der Waals surface area contributed by atoms with E-state index in [1.54, 1.807) is 60.1 Å². The average molecular weight is 499 g/mol. The molecule has 2 N–H and O–H groups in total. The molecule has 11 heteroatoms. The van der Waals surface area contributed by atoms with Crippen molar-refractivity contribution < 1.29 is 23.9 Å². The normalized spacial score (nSPS) is 11.6. The van der Waals surface area contributed by atoms with Gasteiger partial charge in [0.25, 0.3) is 11.8 Å². The molecule has 1 unspecified atom stereocenters. The van der Waals surface area contributed by atoms with Gasteiger partial charge in [0.15, 0.2) is 21.9 Å². The molecule has 1 atom stereocenters. The zero-order valence-corrected chi connectivity index (χ0v) is 19.6. The largest absolute Gasteiger partial charge is 0.495 e. The van der Waals surface area contributed by atoms with Crippen molar-refractivity contribution in [3.8, 4) is 5.75 Å². The number of para-hydroxylation sites is 2. The number of esters is 1. The minimum atomic E-state index is -1.10. The number of imidazole rings is 1. The standard InChI is InChI=1S/C23H19ClN4O5S/c1-13(33-22(31)18-19(24)27-23-28(18)11-12-34-23)20(29)25-15-9-7-14(8-10-15)21(30)26-16-5-3-4-6-17(16)32-2/h3-13H,1-2H3,(H,25,29)(H,26,30). The first-order valence-electron chi connectivity index (χ1n) is 10.0. The summed E-state index contributed by atoms with van der Waals surface area (Å²) in [6, 6.07) is 13.3. The summed E-state index contributed by atoms with van der Waals surface area (Å²) in [5, 5.41) is 7.19. The lowest BCUT2D eigenvalue weighted by atomic mass is 10.2. The molecule has 0 fully saturated rings. The highest BCUT2D eigenvalue weighted by Gasteiger charge is 2.25. The Morgan fingerprint density at radius 2 is 1.82 bits per heavy atom. The van der Waals surface area contributed by atoms with Gasteiger partial charge in [-0.05, 0) is 43.3 Å². The van der Waals surface area contributed by atoms with Crippen molar-refractivity contribution in [3.05, 3.63) is 76.5 Å². The van der Waals surface area contributed by atoms with Crippen LogP contribution in [0.2, 0.25) is 5.15 Å². The number of hydrogen-bond acceptors (Lipinski definition) is 7. The van der Waals surface area contributed by atoms with E-state index in [1.165, 1.54) is 29.8 Å². The molecule has 9 nitrogen and oxygen atoms in total. The number of aromatic nitrogens is 2. The third-order valence-corrected chi connectivity index (χ3v) is 5.86. The third-order valence-electron chi connectivity index (χ3n) is 4.84. The zero-order chi connectivity index (χ0) is 24.2. The molecule has 4 rings (SSSR count). The summed E-state index contributed by atoms with van der Waals surface area (Å²) in [5.74, 6) is -1.09. The van der Waals surface area contributed by atoms with Crippen LogP contribution < -0.4 is 15.4 Å². The van der Waals surface area contributed by atoms with Gasteiger partial charge in [0.05, 0.1) is 12.8 Å². The predicted molar refractivity (Wildman–Crippen MR) is 129 cm³/mol. The van der Waals surface area contributed by atoms with Gasteiger partial charge in [-0.1, -0.05) is 23.7 Å². The smallest absolute Gasteiger partial charge is 0.359 e. The van der Waals surface area contributed by atoms with E-state index in [4.69, 9.17) is 21.1 Å². The molecule has 0 aliphatic rings. The van der Waals surface area contributed by atoms with E-state index in [0.29, 0.717) is 27.6 Å². The first kappa shape index (κ1) is 23.3. The molecule has 0 saturated heterocycles. The van der Waals surface area contributed by atoms with Gasteiger partial charge in [0, 0.05) is 22.8 Å². The van der Waals surface area contributed by atoms with E-state index in [9.17, 15) is 14.4 Å². The summed E-state index contributed by atoms with van der Waals surface area (Å²) in [5.41, 5.74) is 1.42. The van der Waals surface area contributed by atoms with Crippen LogP contribution in [0.1, 0.15) is 27.8 Å². The number of nitrogens with one attached hydrogen (secondary N) is 2.